The number of carboxylic acids is 1. The summed E-state index contributed by atoms with van der Waals surface area (Å²) in [6.45, 7) is 3.58. The van der Waals surface area contributed by atoms with E-state index in [9.17, 15) is 4.79 Å². The van der Waals surface area contributed by atoms with E-state index in [-0.39, 0.29) is 0 Å². The molecule has 1 atom stereocenters. The third kappa shape index (κ3) is 3.00. The second-order valence-corrected chi connectivity index (χ2v) is 2.10. The smallest absolute Gasteiger partial charge is 0.325 e. The molecule has 3 N–H and O–H groups in total. The molecular weight excluding hydrogens is 142 g/mol. The zero-order chi connectivity index (χ0) is 8.85. The van der Waals surface area contributed by atoms with Crippen LogP contribution in [0.15, 0.2) is 23.8 Å². The Hall–Kier alpha value is -1.09. The molecule has 0 heterocycles. The molecule has 0 rings (SSSR count). The summed E-state index contributed by atoms with van der Waals surface area (Å²) in [7, 11) is 0. The van der Waals surface area contributed by atoms with Crippen LogP contribution in [0.4, 0.5) is 0 Å². The van der Waals surface area contributed by atoms with Crippen molar-refractivity contribution in [3.8, 4) is 0 Å². The summed E-state index contributed by atoms with van der Waals surface area (Å²) in [6, 6.07) is -0.906. The van der Waals surface area contributed by atoms with Crippen molar-refractivity contribution in [2.45, 2.75) is 19.9 Å². The quantitative estimate of drug-likeness (QED) is 0.596. The molecule has 0 saturated heterocycles. The third-order valence-corrected chi connectivity index (χ3v) is 1.32. The maximum Gasteiger partial charge on any atom is 0.325 e. The summed E-state index contributed by atoms with van der Waals surface area (Å²) in [4.78, 5) is 10.4. The molecule has 0 amide bonds. The standard InChI is InChI=1S/C8H13NO2/c1-3-5-6(4-2)7(9)8(10)11/h3-5,7H,9H2,1-2H3,(H,10,11)/b5-3-,6-4+/t7-/m0/s1. The van der Waals surface area contributed by atoms with Crippen molar-refractivity contribution in [1.29, 1.82) is 0 Å². The summed E-state index contributed by atoms with van der Waals surface area (Å²) in [5, 5.41) is 8.51. The summed E-state index contributed by atoms with van der Waals surface area (Å²) in [5.41, 5.74) is 5.96. The maximum absolute atomic E-state index is 10.4. The van der Waals surface area contributed by atoms with Gasteiger partial charge in [0.25, 0.3) is 0 Å². The molecule has 0 saturated carbocycles. The van der Waals surface area contributed by atoms with Gasteiger partial charge >= 0.3 is 5.97 Å². The first-order valence-electron chi connectivity index (χ1n) is 3.40. The average molecular weight is 155 g/mol. The minimum absolute atomic E-state index is 0.625. The topological polar surface area (TPSA) is 63.3 Å². The third-order valence-electron chi connectivity index (χ3n) is 1.32. The Kier molecular flexibility index (Phi) is 4.22. The van der Waals surface area contributed by atoms with Gasteiger partial charge < -0.3 is 10.8 Å². The average Bonchev–Trinajstić information content (AvgIpc) is 1.98. The fraction of sp³-hybridized carbons (Fsp3) is 0.375. The SMILES string of the molecule is C/C=C\C(=C/C)[C@H](N)C(=O)O. The van der Waals surface area contributed by atoms with Crippen molar-refractivity contribution in [2.24, 2.45) is 5.73 Å². The van der Waals surface area contributed by atoms with E-state index in [1.807, 2.05) is 6.92 Å². The highest BCUT2D eigenvalue weighted by Crippen LogP contribution is 2.01. The van der Waals surface area contributed by atoms with Crippen LogP contribution in [0.25, 0.3) is 0 Å². The highest BCUT2D eigenvalue weighted by Gasteiger charge is 2.13. The molecule has 62 valence electrons. The first kappa shape index (κ1) is 9.91. The molecule has 0 radical (unpaired) electrons. The number of rotatable bonds is 3. The summed E-state index contributed by atoms with van der Waals surface area (Å²) in [6.07, 6.45) is 5.15. The van der Waals surface area contributed by atoms with Crippen LogP contribution in [0, 0.1) is 0 Å². The number of hydrogen-bond acceptors (Lipinski definition) is 2. The Morgan fingerprint density at radius 3 is 2.36 bits per heavy atom. The number of aliphatic carboxylic acids is 1. The molecule has 3 heteroatoms. The number of allylic oxidation sites excluding steroid dienone is 2. The first-order chi connectivity index (χ1) is 5.13. The van der Waals surface area contributed by atoms with Crippen molar-refractivity contribution >= 4 is 5.97 Å². The highest BCUT2D eigenvalue weighted by atomic mass is 16.4. The Morgan fingerprint density at radius 1 is 1.55 bits per heavy atom. The van der Waals surface area contributed by atoms with E-state index in [1.165, 1.54) is 0 Å². The predicted molar refractivity (Wildman–Crippen MR) is 44.2 cm³/mol. The van der Waals surface area contributed by atoms with Crippen LogP contribution in [0.1, 0.15) is 13.8 Å². The van der Waals surface area contributed by atoms with E-state index in [1.54, 1.807) is 25.2 Å². The van der Waals surface area contributed by atoms with Crippen molar-refractivity contribution in [2.75, 3.05) is 0 Å². The van der Waals surface area contributed by atoms with Gasteiger partial charge in [-0.25, -0.2) is 0 Å². The fourth-order valence-corrected chi connectivity index (χ4v) is 0.714. The van der Waals surface area contributed by atoms with Crippen LogP contribution in [0.5, 0.6) is 0 Å². The van der Waals surface area contributed by atoms with Gasteiger partial charge in [-0.3, -0.25) is 4.79 Å². The molecule has 0 aliphatic heterocycles. The number of carbonyl (C=O) groups is 1. The zero-order valence-electron chi connectivity index (χ0n) is 6.74. The molecular formula is C8H13NO2. The van der Waals surface area contributed by atoms with Gasteiger partial charge in [-0.05, 0) is 19.4 Å². The predicted octanol–water partition coefficient (Wildman–Crippen LogP) is 0.921. The molecule has 0 unspecified atom stereocenters. The molecule has 0 aliphatic rings. The van der Waals surface area contributed by atoms with E-state index in [4.69, 9.17) is 10.8 Å². The molecule has 0 aliphatic carbocycles. The van der Waals surface area contributed by atoms with Crippen LogP contribution in [0.2, 0.25) is 0 Å². The molecule has 0 aromatic rings. The molecule has 0 spiro atoms. The summed E-state index contributed by atoms with van der Waals surface area (Å²) in [5.74, 6) is -1.00. The van der Waals surface area contributed by atoms with Crippen LogP contribution >= 0.6 is 0 Å². The maximum atomic E-state index is 10.4. The summed E-state index contributed by atoms with van der Waals surface area (Å²) >= 11 is 0. The lowest BCUT2D eigenvalue weighted by atomic mass is 10.1. The van der Waals surface area contributed by atoms with Crippen molar-refractivity contribution in [1.82, 2.24) is 0 Å². The monoisotopic (exact) mass is 155 g/mol. The van der Waals surface area contributed by atoms with Gasteiger partial charge in [-0.2, -0.15) is 0 Å². The molecule has 0 aromatic heterocycles. The van der Waals surface area contributed by atoms with E-state index in [2.05, 4.69) is 0 Å². The van der Waals surface area contributed by atoms with Gasteiger partial charge in [0.05, 0.1) is 0 Å². The first-order valence-corrected chi connectivity index (χ1v) is 3.40. The van der Waals surface area contributed by atoms with E-state index >= 15 is 0 Å². The zero-order valence-corrected chi connectivity index (χ0v) is 6.74. The van der Waals surface area contributed by atoms with Crippen molar-refractivity contribution in [3.63, 3.8) is 0 Å². The van der Waals surface area contributed by atoms with Gasteiger partial charge in [0.2, 0.25) is 0 Å². The number of hydrogen-bond donors (Lipinski definition) is 2. The number of carboxylic acid groups (broad SMARTS) is 1. The van der Waals surface area contributed by atoms with Crippen molar-refractivity contribution in [3.05, 3.63) is 23.8 Å². The van der Waals surface area contributed by atoms with E-state index in [0.717, 1.165) is 0 Å². The lowest BCUT2D eigenvalue weighted by Gasteiger charge is -2.05. The van der Waals surface area contributed by atoms with Crippen LogP contribution in [-0.4, -0.2) is 17.1 Å². The Bertz CT molecular complexity index is 194. The number of nitrogens with two attached hydrogens (primary N) is 1. The minimum Gasteiger partial charge on any atom is -0.480 e. The minimum atomic E-state index is -1.00. The molecule has 0 fully saturated rings. The largest absolute Gasteiger partial charge is 0.480 e. The molecule has 0 bridgehead atoms. The van der Waals surface area contributed by atoms with E-state index in [0.29, 0.717) is 5.57 Å². The molecule has 0 aromatic carbocycles. The molecule has 3 nitrogen and oxygen atoms in total. The normalized spacial score (nSPS) is 15.4. The molecule has 11 heavy (non-hydrogen) atoms. The second kappa shape index (κ2) is 4.68. The van der Waals surface area contributed by atoms with Crippen LogP contribution in [-0.2, 0) is 4.79 Å². The lowest BCUT2D eigenvalue weighted by molar-refractivity contribution is -0.137. The van der Waals surface area contributed by atoms with Gasteiger partial charge in [-0.1, -0.05) is 18.2 Å². The van der Waals surface area contributed by atoms with Gasteiger partial charge in [-0.15, -0.1) is 0 Å². The van der Waals surface area contributed by atoms with Crippen LogP contribution in [0.3, 0.4) is 0 Å². The van der Waals surface area contributed by atoms with Crippen molar-refractivity contribution < 1.29 is 9.90 Å². The Balaban J connectivity index is 4.40. The van der Waals surface area contributed by atoms with Gasteiger partial charge in [0.15, 0.2) is 0 Å². The lowest BCUT2D eigenvalue weighted by Crippen LogP contribution is -2.31. The fourth-order valence-electron chi connectivity index (χ4n) is 0.714. The van der Waals surface area contributed by atoms with E-state index < -0.39 is 12.0 Å². The highest BCUT2D eigenvalue weighted by molar-refractivity contribution is 5.78. The second-order valence-electron chi connectivity index (χ2n) is 2.10. The van der Waals surface area contributed by atoms with Crippen LogP contribution < -0.4 is 5.73 Å². The Labute approximate surface area is 66.2 Å². The Morgan fingerprint density at radius 2 is 2.09 bits per heavy atom. The van der Waals surface area contributed by atoms with Gasteiger partial charge in [0.1, 0.15) is 6.04 Å². The van der Waals surface area contributed by atoms with Gasteiger partial charge in [0, 0.05) is 0 Å². The summed E-state index contributed by atoms with van der Waals surface area (Å²) < 4.78 is 0.